The molecule has 0 bridgehead atoms. The minimum absolute atomic E-state index is 0.0396. The molecule has 0 spiro atoms. The van der Waals surface area contributed by atoms with Crippen LogP contribution in [0.3, 0.4) is 0 Å². The zero-order valence-corrected chi connectivity index (χ0v) is 15.1. The highest BCUT2D eigenvalue weighted by molar-refractivity contribution is 9.11. The second-order valence-electron chi connectivity index (χ2n) is 4.73. The van der Waals surface area contributed by atoms with E-state index in [0.717, 1.165) is 31.2 Å². The molecule has 3 rings (SSSR count). The molecule has 0 aliphatic carbocycles. The van der Waals surface area contributed by atoms with E-state index in [1.54, 1.807) is 0 Å². The first kappa shape index (κ1) is 15.1. The topological polar surface area (TPSA) is 25.2 Å². The van der Waals surface area contributed by atoms with E-state index in [9.17, 15) is 0 Å². The van der Waals surface area contributed by atoms with E-state index in [1.165, 1.54) is 0 Å². The lowest BCUT2D eigenvalue weighted by Crippen LogP contribution is -2.17. The van der Waals surface area contributed by atoms with Crippen molar-refractivity contribution >= 4 is 54.4 Å². The van der Waals surface area contributed by atoms with Crippen LogP contribution in [0.1, 0.15) is 17.4 Å². The lowest BCUT2D eigenvalue weighted by molar-refractivity contribution is 0.491. The maximum Gasteiger partial charge on any atom is 0.152 e. The molecule has 1 aromatic heterocycles. The van der Waals surface area contributed by atoms with Gasteiger partial charge in [0.1, 0.15) is 5.76 Å². The average Bonchev–Trinajstić information content (AvgIpc) is 2.83. The summed E-state index contributed by atoms with van der Waals surface area (Å²) in [6, 6.07) is 13.9. The summed E-state index contributed by atoms with van der Waals surface area (Å²) in [5.74, 6) is 0.839. The number of nitrogens with one attached hydrogen (secondary N) is 1. The number of halogens is 3. The quantitative estimate of drug-likeness (QED) is 0.559. The third kappa shape index (κ3) is 3.04. The summed E-state index contributed by atoms with van der Waals surface area (Å²) in [4.78, 5) is 0. The standard InChI is InChI=1S/C16H12Br2ClNO/c1-20-15(10-5-11(17)8-12(18)6-10)14-7-9-3-2-4-13(19)16(9)21-14/h2-8,15,20H,1H3. The summed E-state index contributed by atoms with van der Waals surface area (Å²) < 4.78 is 7.99. The molecular weight excluding hydrogens is 417 g/mol. The van der Waals surface area contributed by atoms with Gasteiger partial charge in [0.2, 0.25) is 0 Å². The largest absolute Gasteiger partial charge is 0.457 e. The van der Waals surface area contributed by atoms with Crippen molar-refractivity contribution < 1.29 is 4.42 Å². The maximum atomic E-state index is 6.19. The van der Waals surface area contributed by atoms with E-state index >= 15 is 0 Å². The Balaban J connectivity index is 2.11. The molecule has 2 nitrogen and oxygen atoms in total. The molecule has 0 saturated carbocycles. The Bertz CT molecular complexity index is 780. The minimum Gasteiger partial charge on any atom is -0.457 e. The van der Waals surface area contributed by atoms with Gasteiger partial charge in [-0.15, -0.1) is 0 Å². The first-order chi connectivity index (χ1) is 10.1. The van der Waals surface area contributed by atoms with Gasteiger partial charge in [-0.1, -0.05) is 55.6 Å². The number of rotatable bonds is 3. The van der Waals surface area contributed by atoms with Gasteiger partial charge < -0.3 is 9.73 Å². The van der Waals surface area contributed by atoms with Gasteiger partial charge in [-0.25, -0.2) is 0 Å². The molecule has 1 atom stereocenters. The molecule has 1 unspecified atom stereocenters. The lowest BCUT2D eigenvalue weighted by atomic mass is 10.0. The van der Waals surface area contributed by atoms with Crippen molar-refractivity contribution in [2.45, 2.75) is 6.04 Å². The average molecular weight is 430 g/mol. The minimum atomic E-state index is -0.0396. The molecule has 0 radical (unpaired) electrons. The fourth-order valence-corrected chi connectivity index (χ4v) is 3.95. The molecule has 1 N–H and O–H groups in total. The van der Waals surface area contributed by atoms with Crippen molar-refractivity contribution in [3.63, 3.8) is 0 Å². The molecular formula is C16H12Br2ClNO. The second-order valence-corrected chi connectivity index (χ2v) is 6.97. The highest BCUT2D eigenvalue weighted by Gasteiger charge is 2.18. The van der Waals surface area contributed by atoms with Crippen LogP contribution in [-0.2, 0) is 0 Å². The molecule has 5 heteroatoms. The highest BCUT2D eigenvalue weighted by Crippen LogP contribution is 2.33. The van der Waals surface area contributed by atoms with E-state index in [2.05, 4.69) is 49.3 Å². The zero-order chi connectivity index (χ0) is 15.0. The van der Waals surface area contributed by atoms with Crippen molar-refractivity contribution in [1.82, 2.24) is 5.32 Å². The Morgan fingerprint density at radius 1 is 1.10 bits per heavy atom. The van der Waals surface area contributed by atoms with Crippen molar-refractivity contribution in [2.24, 2.45) is 0 Å². The molecule has 0 saturated heterocycles. The summed E-state index contributed by atoms with van der Waals surface area (Å²) >= 11 is 13.2. The predicted molar refractivity (Wildman–Crippen MR) is 94.0 cm³/mol. The third-order valence-corrected chi connectivity index (χ3v) is 4.52. The summed E-state index contributed by atoms with van der Waals surface area (Å²) in [5.41, 5.74) is 1.83. The van der Waals surface area contributed by atoms with E-state index in [4.69, 9.17) is 16.0 Å². The first-order valence-corrected chi connectivity index (χ1v) is 8.36. The number of para-hydroxylation sites is 1. The molecule has 0 fully saturated rings. The molecule has 21 heavy (non-hydrogen) atoms. The van der Waals surface area contributed by atoms with Crippen molar-refractivity contribution in [2.75, 3.05) is 7.05 Å². The number of hydrogen-bond donors (Lipinski definition) is 1. The zero-order valence-electron chi connectivity index (χ0n) is 11.2. The monoisotopic (exact) mass is 427 g/mol. The molecule has 2 aromatic carbocycles. The van der Waals surface area contributed by atoms with Gasteiger partial charge in [-0.05, 0) is 42.9 Å². The highest BCUT2D eigenvalue weighted by atomic mass is 79.9. The fraction of sp³-hybridized carbons (Fsp3) is 0.125. The van der Waals surface area contributed by atoms with Crippen molar-refractivity contribution in [1.29, 1.82) is 0 Å². The third-order valence-electron chi connectivity index (χ3n) is 3.31. The lowest BCUT2D eigenvalue weighted by Gasteiger charge is -2.15. The molecule has 108 valence electrons. The Hall–Kier alpha value is -0.810. The molecule has 0 aliphatic rings. The van der Waals surface area contributed by atoms with Crippen LogP contribution in [0.15, 0.2) is 55.8 Å². The Morgan fingerprint density at radius 3 is 2.43 bits per heavy atom. The van der Waals surface area contributed by atoms with Crippen molar-refractivity contribution in [3.05, 3.63) is 67.8 Å². The maximum absolute atomic E-state index is 6.19. The van der Waals surface area contributed by atoms with Crippen molar-refractivity contribution in [3.8, 4) is 0 Å². The van der Waals surface area contributed by atoms with Crippen LogP contribution in [0, 0.1) is 0 Å². The number of furan rings is 1. The van der Waals surface area contributed by atoms with Crippen LogP contribution in [0.5, 0.6) is 0 Å². The van der Waals surface area contributed by atoms with Gasteiger partial charge in [-0.2, -0.15) is 0 Å². The van der Waals surface area contributed by atoms with Crippen LogP contribution in [0.25, 0.3) is 11.0 Å². The van der Waals surface area contributed by atoms with Gasteiger partial charge in [0.05, 0.1) is 11.1 Å². The molecule has 0 aliphatic heterocycles. The summed E-state index contributed by atoms with van der Waals surface area (Å²) in [7, 11) is 1.91. The smallest absolute Gasteiger partial charge is 0.152 e. The normalized spacial score (nSPS) is 12.8. The Morgan fingerprint density at radius 2 is 1.81 bits per heavy atom. The summed E-state index contributed by atoms with van der Waals surface area (Å²) in [6.45, 7) is 0. The van der Waals surface area contributed by atoms with Gasteiger partial charge >= 0.3 is 0 Å². The second kappa shape index (κ2) is 6.13. The first-order valence-electron chi connectivity index (χ1n) is 6.39. The summed E-state index contributed by atoms with van der Waals surface area (Å²) in [5, 5.41) is 4.93. The number of hydrogen-bond acceptors (Lipinski definition) is 2. The van der Waals surface area contributed by atoms with Gasteiger partial charge in [-0.3, -0.25) is 0 Å². The van der Waals surface area contributed by atoms with Gasteiger partial charge in [0.25, 0.3) is 0 Å². The SMILES string of the molecule is CNC(c1cc(Br)cc(Br)c1)c1cc2cccc(Cl)c2o1. The van der Waals surface area contributed by atoms with Crippen LogP contribution >= 0.6 is 43.5 Å². The number of fused-ring (bicyclic) bond motifs is 1. The summed E-state index contributed by atoms with van der Waals surface area (Å²) in [6.07, 6.45) is 0. The van der Waals surface area contributed by atoms with E-state index < -0.39 is 0 Å². The van der Waals surface area contributed by atoms with E-state index in [-0.39, 0.29) is 6.04 Å². The Kier molecular flexibility index (Phi) is 4.41. The molecule has 0 amide bonds. The van der Waals surface area contributed by atoms with Crippen LogP contribution in [-0.4, -0.2) is 7.05 Å². The van der Waals surface area contributed by atoms with Crippen LogP contribution in [0.2, 0.25) is 5.02 Å². The fourth-order valence-electron chi connectivity index (χ4n) is 2.40. The molecule has 3 aromatic rings. The molecule has 1 heterocycles. The Labute approximate surface area is 144 Å². The van der Waals surface area contributed by atoms with Crippen LogP contribution < -0.4 is 5.32 Å². The predicted octanol–water partition coefficient (Wildman–Crippen LogP) is 5.92. The van der Waals surface area contributed by atoms with Gasteiger partial charge in [0.15, 0.2) is 5.58 Å². The van der Waals surface area contributed by atoms with E-state index in [0.29, 0.717) is 5.02 Å². The van der Waals surface area contributed by atoms with E-state index in [1.807, 2.05) is 37.4 Å². The number of benzene rings is 2. The van der Waals surface area contributed by atoms with Crippen LogP contribution in [0.4, 0.5) is 0 Å². The van der Waals surface area contributed by atoms with Gasteiger partial charge in [0, 0.05) is 14.3 Å².